The van der Waals surface area contributed by atoms with Crippen LogP contribution in [0.15, 0.2) is 12.2 Å². The van der Waals surface area contributed by atoms with Crippen LogP contribution in [0.25, 0.3) is 0 Å². The molecule has 6 heteroatoms. The fourth-order valence-corrected chi connectivity index (χ4v) is 5.80. The molecule has 35 heavy (non-hydrogen) atoms. The van der Waals surface area contributed by atoms with Gasteiger partial charge in [0.15, 0.2) is 8.32 Å². The van der Waals surface area contributed by atoms with Gasteiger partial charge in [-0.1, -0.05) is 85.1 Å². The van der Waals surface area contributed by atoms with Crippen molar-refractivity contribution in [3.8, 4) is 0 Å². The van der Waals surface area contributed by atoms with E-state index in [0.717, 1.165) is 19.3 Å². The van der Waals surface area contributed by atoms with Crippen LogP contribution in [0.5, 0.6) is 0 Å². The first-order chi connectivity index (χ1) is 16.5. The van der Waals surface area contributed by atoms with Gasteiger partial charge in [-0.25, -0.2) is 4.79 Å². The second-order valence-electron chi connectivity index (χ2n) is 11.8. The number of carbonyl (C=O) groups is 1. The zero-order chi connectivity index (χ0) is 26.3. The Kier molecular flexibility index (Phi) is 15.6. The van der Waals surface area contributed by atoms with Gasteiger partial charge in [0.25, 0.3) is 0 Å². The van der Waals surface area contributed by atoms with Crippen LogP contribution in [0.4, 0.5) is 0 Å². The van der Waals surface area contributed by atoms with Crippen LogP contribution in [0, 0.1) is 0 Å². The van der Waals surface area contributed by atoms with E-state index >= 15 is 0 Å². The van der Waals surface area contributed by atoms with Crippen molar-refractivity contribution >= 4 is 14.3 Å². The van der Waals surface area contributed by atoms with Crippen LogP contribution in [0.1, 0.15) is 118 Å². The lowest BCUT2D eigenvalue weighted by Crippen LogP contribution is -2.47. The molecule has 0 amide bonds. The first-order valence-electron chi connectivity index (χ1n) is 14.4. The quantitative estimate of drug-likeness (QED) is 0.0881. The molecule has 1 rings (SSSR count). The van der Waals surface area contributed by atoms with Crippen molar-refractivity contribution in [2.24, 2.45) is 0 Å². The summed E-state index contributed by atoms with van der Waals surface area (Å²) in [5.41, 5.74) is 0. The second-order valence-corrected chi connectivity index (χ2v) is 16.5. The summed E-state index contributed by atoms with van der Waals surface area (Å²) in [5.74, 6) is -0.328. The molecule has 1 N–H and O–H groups in total. The Bertz CT molecular complexity index is 598. The molecule has 0 unspecified atom stereocenters. The smallest absolute Gasteiger partial charge is 0.330 e. The fourth-order valence-electron chi connectivity index (χ4n) is 4.42. The molecule has 1 saturated heterocycles. The maximum atomic E-state index is 11.4. The van der Waals surface area contributed by atoms with Crippen molar-refractivity contribution in [1.82, 2.24) is 0 Å². The molecular formula is C29H56O5Si. The zero-order valence-corrected chi connectivity index (χ0v) is 24.9. The lowest BCUT2D eigenvalue weighted by atomic mass is 10.0. The fraction of sp³-hybridized carbons (Fsp3) is 0.897. The molecule has 5 nitrogen and oxygen atoms in total. The average molecular weight is 513 g/mol. The predicted molar refractivity (Wildman–Crippen MR) is 148 cm³/mol. The van der Waals surface area contributed by atoms with E-state index in [1.807, 2.05) is 0 Å². The van der Waals surface area contributed by atoms with Crippen molar-refractivity contribution < 1.29 is 23.8 Å². The second kappa shape index (κ2) is 16.9. The maximum absolute atomic E-state index is 11.4. The Morgan fingerprint density at radius 1 is 1.00 bits per heavy atom. The summed E-state index contributed by atoms with van der Waals surface area (Å²) in [6.07, 6.45) is 17.2. The van der Waals surface area contributed by atoms with Gasteiger partial charge in [0.05, 0.1) is 31.0 Å². The number of hydrogen-bond donors (Lipinski definition) is 1. The predicted octanol–water partition coefficient (Wildman–Crippen LogP) is 7.72. The number of hydrogen-bond acceptors (Lipinski definition) is 5. The van der Waals surface area contributed by atoms with E-state index < -0.39 is 14.4 Å². The van der Waals surface area contributed by atoms with Crippen LogP contribution < -0.4 is 0 Å². The van der Waals surface area contributed by atoms with Crippen LogP contribution in [0.3, 0.4) is 0 Å². The normalized spacial score (nSPS) is 20.9. The highest BCUT2D eigenvalue weighted by Gasteiger charge is 2.43. The average Bonchev–Trinajstić information content (AvgIpc) is 3.27. The molecule has 206 valence electrons. The Balaban J connectivity index is 2.58. The van der Waals surface area contributed by atoms with E-state index in [1.165, 1.54) is 57.4 Å². The Hall–Kier alpha value is -0.693. The first kappa shape index (κ1) is 32.3. The lowest BCUT2D eigenvalue weighted by Gasteiger charge is -2.41. The number of aliphatic hydroxyl groups excluding tert-OH is 1. The Morgan fingerprint density at radius 2 is 1.60 bits per heavy atom. The van der Waals surface area contributed by atoms with Crippen molar-refractivity contribution in [2.45, 2.75) is 161 Å². The molecule has 0 aromatic heterocycles. The molecule has 0 radical (unpaired) electrons. The Morgan fingerprint density at radius 3 is 2.20 bits per heavy atom. The van der Waals surface area contributed by atoms with E-state index in [0.29, 0.717) is 19.4 Å². The van der Waals surface area contributed by atoms with Gasteiger partial charge in [-0.2, -0.15) is 0 Å². The summed E-state index contributed by atoms with van der Waals surface area (Å²) in [7, 11) is -1.91. The minimum absolute atomic E-state index is 0.0587. The van der Waals surface area contributed by atoms with E-state index in [4.69, 9.17) is 13.9 Å². The summed E-state index contributed by atoms with van der Waals surface area (Å²) < 4.78 is 18.2. The van der Waals surface area contributed by atoms with Gasteiger partial charge in [0, 0.05) is 6.08 Å². The van der Waals surface area contributed by atoms with E-state index in [-0.39, 0.29) is 29.3 Å². The highest BCUT2D eigenvalue weighted by Crippen LogP contribution is 2.40. The summed E-state index contributed by atoms with van der Waals surface area (Å²) in [6, 6.07) is 0. The molecular weight excluding hydrogens is 456 g/mol. The third-order valence-electron chi connectivity index (χ3n) is 7.69. The van der Waals surface area contributed by atoms with Gasteiger partial charge in [-0.15, -0.1) is 0 Å². The van der Waals surface area contributed by atoms with Crippen LogP contribution >= 0.6 is 0 Å². The van der Waals surface area contributed by atoms with E-state index in [9.17, 15) is 9.90 Å². The monoisotopic (exact) mass is 512 g/mol. The topological polar surface area (TPSA) is 65.0 Å². The number of esters is 1. The van der Waals surface area contributed by atoms with Gasteiger partial charge in [0.2, 0.25) is 0 Å². The van der Waals surface area contributed by atoms with Crippen molar-refractivity contribution in [1.29, 1.82) is 0 Å². The van der Waals surface area contributed by atoms with E-state index in [2.05, 4.69) is 40.8 Å². The van der Waals surface area contributed by atoms with Crippen LogP contribution in [-0.2, 0) is 18.7 Å². The lowest BCUT2D eigenvalue weighted by molar-refractivity contribution is -0.137. The molecule has 0 aromatic carbocycles. The Labute approximate surface area is 217 Å². The molecule has 0 bridgehead atoms. The van der Waals surface area contributed by atoms with Crippen molar-refractivity contribution in [3.05, 3.63) is 12.2 Å². The third-order valence-corrected chi connectivity index (χ3v) is 12.2. The SMILES string of the molecule is CCCCCCCCCC[C@@H](O[Si](C)(C)C(C)(C)C)[C@H]1CC[C@H]([C@H](O)CC/C=C/C(=O)OCC)O1. The minimum atomic E-state index is -1.91. The summed E-state index contributed by atoms with van der Waals surface area (Å²) in [5, 5.41) is 10.9. The molecule has 0 aliphatic carbocycles. The molecule has 4 atom stereocenters. The molecule has 0 aromatic rings. The highest BCUT2D eigenvalue weighted by molar-refractivity contribution is 6.74. The molecule has 0 saturated carbocycles. The van der Waals surface area contributed by atoms with Gasteiger partial charge < -0.3 is 19.0 Å². The van der Waals surface area contributed by atoms with E-state index in [1.54, 1.807) is 13.0 Å². The van der Waals surface area contributed by atoms with Gasteiger partial charge >= 0.3 is 5.97 Å². The standard InChI is InChI=1S/C29H56O5Si/c1-8-10-11-12-13-14-15-16-20-27(34-35(6,7)29(3,4)5)26-23-22-25(33-26)24(30)19-17-18-21-28(31)32-9-2/h18,21,24-27,30H,8-17,19-20,22-23H2,1-7H3/b21-18+/t24-,25-,26-,27-/m1/s1. The summed E-state index contributed by atoms with van der Waals surface area (Å²) >= 11 is 0. The number of aliphatic hydroxyl groups is 1. The number of allylic oxidation sites excluding steroid dienone is 1. The highest BCUT2D eigenvalue weighted by atomic mass is 28.4. The zero-order valence-electron chi connectivity index (χ0n) is 23.9. The van der Waals surface area contributed by atoms with Crippen molar-refractivity contribution in [3.63, 3.8) is 0 Å². The van der Waals surface area contributed by atoms with Crippen LogP contribution in [0.2, 0.25) is 18.1 Å². The number of unbranched alkanes of at least 4 members (excludes halogenated alkanes) is 7. The maximum Gasteiger partial charge on any atom is 0.330 e. The number of ether oxygens (including phenoxy) is 2. The molecule has 1 fully saturated rings. The minimum Gasteiger partial charge on any atom is -0.463 e. The molecule has 1 heterocycles. The summed E-state index contributed by atoms with van der Waals surface area (Å²) in [4.78, 5) is 11.4. The summed E-state index contributed by atoms with van der Waals surface area (Å²) in [6.45, 7) is 16.0. The van der Waals surface area contributed by atoms with Crippen LogP contribution in [-0.4, -0.2) is 50.4 Å². The molecule has 1 aliphatic heterocycles. The molecule has 0 spiro atoms. The van der Waals surface area contributed by atoms with Gasteiger partial charge in [-0.3, -0.25) is 0 Å². The number of carbonyl (C=O) groups excluding carboxylic acids is 1. The number of rotatable bonds is 18. The molecule has 1 aliphatic rings. The third kappa shape index (κ3) is 12.9. The van der Waals surface area contributed by atoms with Crippen molar-refractivity contribution in [2.75, 3.05) is 6.61 Å². The first-order valence-corrected chi connectivity index (χ1v) is 17.3. The van der Waals surface area contributed by atoms with Gasteiger partial charge in [-0.05, 0) is 57.2 Å². The largest absolute Gasteiger partial charge is 0.463 e. The van der Waals surface area contributed by atoms with Gasteiger partial charge in [0.1, 0.15) is 0 Å².